The maximum absolute atomic E-state index is 12.4. The number of hydrogen-bond acceptors (Lipinski definition) is 3. The van der Waals surface area contributed by atoms with Gasteiger partial charge in [-0.3, -0.25) is 4.79 Å². The largest absolute Gasteiger partial charge is 0.394 e. The monoisotopic (exact) mass is 335 g/mol. The van der Waals surface area contributed by atoms with Crippen LogP contribution in [-0.2, 0) is 0 Å². The molecule has 124 valence electrons. The molecule has 6 heteroatoms. The molecule has 0 spiro atoms. The first-order valence-corrected chi connectivity index (χ1v) is 8.03. The van der Waals surface area contributed by atoms with Crippen molar-refractivity contribution in [1.29, 1.82) is 0 Å². The average Bonchev–Trinajstić information content (AvgIpc) is 2.88. The van der Waals surface area contributed by atoms with Crippen LogP contribution in [0.2, 0.25) is 5.02 Å². The third kappa shape index (κ3) is 4.33. The molecule has 1 atom stereocenters. The first-order valence-electron chi connectivity index (χ1n) is 7.65. The molecule has 1 unspecified atom stereocenters. The highest BCUT2D eigenvalue weighted by atomic mass is 35.5. The van der Waals surface area contributed by atoms with E-state index in [4.69, 9.17) is 11.6 Å². The minimum atomic E-state index is -0.284. The molecule has 0 radical (unpaired) electrons. The van der Waals surface area contributed by atoms with Crippen molar-refractivity contribution < 1.29 is 9.90 Å². The van der Waals surface area contributed by atoms with Crippen LogP contribution in [0.15, 0.2) is 30.5 Å². The Morgan fingerprint density at radius 3 is 2.70 bits per heavy atom. The molecule has 1 aromatic heterocycles. The molecule has 0 saturated carbocycles. The van der Waals surface area contributed by atoms with Gasteiger partial charge in [-0.05, 0) is 31.4 Å². The lowest BCUT2D eigenvalue weighted by molar-refractivity contribution is 0.0902. The van der Waals surface area contributed by atoms with Crippen molar-refractivity contribution in [2.45, 2.75) is 33.2 Å². The summed E-state index contributed by atoms with van der Waals surface area (Å²) in [6, 6.07) is 7.05. The second-order valence-electron chi connectivity index (χ2n) is 6.04. The smallest absolute Gasteiger partial charge is 0.272 e. The third-order valence-corrected chi connectivity index (χ3v) is 3.84. The number of carbonyl (C=O) groups is 1. The van der Waals surface area contributed by atoms with E-state index in [9.17, 15) is 9.90 Å². The number of benzene rings is 1. The van der Waals surface area contributed by atoms with Crippen LogP contribution in [0.1, 0.15) is 36.3 Å². The summed E-state index contributed by atoms with van der Waals surface area (Å²) in [6.07, 6.45) is 2.49. The van der Waals surface area contributed by atoms with Crippen molar-refractivity contribution in [2.24, 2.45) is 5.92 Å². The molecule has 0 aliphatic rings. The quantitative estimate of drug-likeness (QED) is 0.852. The second kappa shape index (κ2) is 7.62. The SMILES string of the molecule is Cc1cn(-c2ccccc2Cl)nc1C(=O)NC(CO)CC(C)C. The molecule has 2 rings (SSSR count). The van der Waals surface area contributed by atoms with Crippen molar-refractivity contribution in [3.05, 3.63) is 46.7 Å². The summed E-state index contributed by atoms with van der Waals surface area (Å²) >= 11 is 6.17. The molecule has 2 N–H and O–H groups in total. The van der Waals surface area contributed by atoms with Gasteiger partial charge in [0, 0.05) is 11.8 Å². The minimum absolute atomic E-state index is 0.0891. The number of aryl methyl sites for hydroxylation is 1. The van der Waals surface area contributed by atoms with Gasteiger partial charge >= 0.3 is 0 Å². The van der Waals surface area contributed by atoms with Crippen LogP contribution in [0.5, 0.6) is 0 Å². The molecule has 0 bridgehead atoms. The Kier molecular flexibility index (Phi) is 5.80. The van der Waals surface area contributed by atoms with E-state index >= 15 is 0 Å². The van der Waals surface area contributed by atoms with Crippen LogP contribution in [0.25, 0.3) is 5.69 Å². The zero-order chi connectivity index (χ0) is 17.0. The first-order chi connectivity index (χ1) is 10.9. The van der Waals surface area contributed by atoms with Crippen LogP contribution in [0, 0.1) is 12.8 Å². The van der Waals surface area contributed by atoms with E-state index in [1.54, 1.807) is 16.9 Å². The van der Waals surface area contributed by atoms with Crippen molar-refractivity contribution >= 4 is 17.5 Å². The summed E-state index contributed by atoms with van der Waals surface area (Å²) in [4.78, 5) is 12.4. The molecule has 0 aliphatic heterocycles. The zero-order valence-corrected chi connectivity index (χ0v) is 14.3. The molecular weight excluding hydrogens is 314 g/mol. The van der Waals surface area contributed by atoms with Gasteiger partial charge in [-0.2, -0.15) is 5.10 Å². The normalized spacial score (nSPS) is 12.4. The van der Waals surface area contributed by atoms with E-state index in [0.717, 1.165) is 11.3 Å². The molecule has 0 saturated heterocycles. The van der Waals surface area contributed by atoms with Crippen LogP contribution >= 0.6 is 11.6 Å². The number of aliphatic hydroxyl groups excluding tert-OH is 1. The van der Waals surface area contributed by atoms with Gasteiger partial charge < -0.3 is 10.4 Å². The van der Waals surface area contributed by atoms with Gasteiger partial charge in [-0.1, -0.05) is 37.6 Å². The van der Waals surface area contributed by atoms with Gasteiger partial charge in [0.1, 0.15) is 0 Å². The predicted octanol–water partition coefficient (Wildman–Crippen LogP) is 2.97. The summed E-state index contributed by atoms with van der Waals surface area (Å²) in [5.74, 6) is 0.0993. The summed E-state index contributed by atoms with van der Waals surface area (Å²) < 4.78 is 1.60. The van der Waals surface area contributed by atoms with E-state index < -0.39 is 0 Å². The number of rotatable bonds is 6. The van der Waals surface area contributed by atoms with E-state index in [2.05, 4.69) is 10.4 Å². The van der Waals surface area contributed by atoms with Crippen LogP contribution < -0.4 is 5.32 Å². The number of aliphatic hydroxyl groups is 1. The Morgan fingerprint density at radius 1 is 1.39 bits per heavy atom. The van der Waals surface area contributed by atoms with Gasteiger partial charge in [-0.15, -0.1) is 0 Å². The number of nitrogens with one attached hydrogen (secondary N) is 1. The van der Waals surface area contributed by atoms with E-state index in [1.807, 2.05) is 39.0 Å². The van der Waals surface area contributed by atoms with E-state index in [0.29, 0.717) is 23.1 Å². The zero-order valence-electron chi connectivity index (χ0n) is 13.6. The van der Waals surface area contributed by atoms with Crippen molar-refractivity contribution in [1.82, 2.24) is 15.1 Å². The highest BCUT2D eigenvalue weighted by Gasteiger charge is 2.19. The lowest BCUT2D eigenvalue weighted by Crippen LogP contribution is -2.38. The summed E-state index contributed by atoms with van der Waals surface area (Å²) in [6.45, 7) is 5.83. The summed E-state index contributed by atoms with van der Waals surface area (Å²) in [5, 5.41) is 17.1. The Morgan fingerprint density at radius 2 is 2.09 bits per heavy atom. The van der Waals surface area contributed by atoms with Crippen LogP contribution in [0.3, 0.4) is 0 Å². The van der Waals surface area contributed by atoms with Crippen LogP contribution in [-0.4, -0.2) is 33.4 Å². The fraction of sp³-hybridized carbons (Fsp3) is 0.412. The Labute approximate surface area is 141 Å². The molecule has 0 fully saturated rings. The highest BCUT2D eigenvalue weighted by molar-refractivity contribution is 6.32. The lowest BCUT2D eigenvalue weighted by atomic mass is 10.0. The second-order valence-corrected chi connectivity index (χ2v) is 6.45. The first kappa shape index (κ1) is 17.5. The summed E-state index contributed by atoms with van der Waals surface area (Å²) in [7, 11) is 0. The van der Waals surface area contributed by atoms with E-state index in [-0.39, 0.29) is 18.6 Å². The molecular formula is C17H22ClN3O2. The molecule has 5 nitrogen and oxygen atoms in total. The molecule has 0 aliphatic carbocycles. The van der Waals surface area contributed by atoms with Crippen molar-refractivity contribution in [3.63, 3.8) is 0 Å². The number of para-hydroxylation sites is 1. The van der Waals surface area contributed by atoms with Gasteiger partial charge in [0.05, 0.1) is 23.4 Å². The van der Waals surface area contributed by atoms with Crippen molar-refractivity contribution in [2.75, 3.05) is 6.61 Å². The van der Waals surface area contributed by atoms with E-state index in [1.165, 1.54) is 0 Å². The summed E-state index contributed by atoms with van der Waals surface area (Å²) in [5.41, 5.74) is 1.81. The topological polar surface area (TPSA) is 67.2 Å². The third-order valence-electron chi connectivity index (χ3n) is 3.52. The molecule has 2 aromatic rings. The highest BCUT2D eigenvalue weighted by Crippen LogP contribution is 2.20. The minimum Gasteiger partial charge on any atom is -0.394 e. The lowest BCUT2D eigenvalue weighted by Gasteiger charge is -2.17. The number of aromatic nitrogens is 2. The van der Waals surface area contributed by atoms with Crippen LogP contribution in [0.4, 0.5) is 0 Å². The fourth-order valence-corrected chi connectivity index (χ4v) is 2.67. The number of amides is 1. The van der Waals surface area contributed by atoms with Crippen molar-refractivity contribution in [3.8, 4) is 5.69 Å². The molecule has 1 amide bonds. The van der Waals surface area contributed by atoms with Gasteiger partial charge in [0.2, 0.25) is 0 Å². The molecule has 1 heterocycles. The average molecular weight is 336 g/mol. The number of carbonyl (C=O) groups excluding carboxylic acids is 1. The van der Waals surface area contributed by atoms with Gasteiger partial charge in [-0.25, -0.2) is 4.68 Å². The Balaban J connectivity index is 2.21. The Bertz CT molecular complexity index is 682. The Hall–Kier alpha value is -1.85. The maximum Gasteiger partial charge on any atom is 0.272 e. The molecule has 23 heavy (non-hydrogen) atoms. The van der Waals surface area contributed by atoms with Gasteiger partial charge in [0.25, 0.3) is 5.91 Å². The maximum atomic E-state index is 12.4. The van der Waals surface area contributed by atoms with Gasteiger partial charge in [0.15, 0.2) is 5.69 Å². The number of halogens is 1. The molecule has 1 aromatic carbocycles. The standard InChI is InChI=1S/C17H22ClN3O2/c1-11(2)8-13(10-22)19-17(23)16-12(3)9-21(20-16)15-7-5-4-6-14(15)18/h4-7,9,11,13,22H,8,10H2,1-3H3,(H,19,23). The fourth-order valence-electron chi connectivity index (χ4n) is 2.45. The number of hydrogen-bond donors (Lipinski definition) is 2. The number of nitrogens with zero attached hydrogens (tertiary/aromatic N) is 2. The predicted molar refractivity (Wildman–Crippen MR) is 91.1 cm³/mol.